The third-order valence-corrected chi connectivity index (χ3v) is 4.86. The number of likely N-dealkylation sites (tertiary alicyclic amines) is 1. The van der Waals surface area contributed by atoms with E-state index < -0.39 is 0 Å². The molecule has 0 saturated carbocycles. The quantitative estimate of drug-likeness (QED) is 0.843. The number of aromatic nitrogens is 3. The molecule has 1 aliphatic heterocycles. The summed E-state index contributed by atoms with van der Waals surface area (Å²) in [5.41, 5.74) is 1.41. The molecule has 124 valence electrons. The van der Waals surface area contributed by atoms with Crippen molar-refractivity contribution in [3.8, 4) is 10.6 Å². The number of nitrogens with zero attached hydrogens (tertiary/aromatic N) is 4. The third kappa shape index (κ3) is 3.29. The first kappa shape index (κ1) is 16.1. The number of hydrogen-bond acceptors (Lipinski definition) is 6. The van der Waals surface area contributed by atoms with Crippen LogP contribution in [0.5, 0.6) is 0 Å². The number of rotatable bonds is 2. The second-order valence-corrected chi connectivity index (χ2v) is 7.91. The van der Waals surface area contributed by atoms with Crippen molar-refractivity contribution >= 4 is 17.4 Å². The number of carbonyl (C=O) groups is 1. The molecule has 2 aromatic heterocycles. The van der Waals surface area contributed by atoms with Crippen LogP contribution in [0.3, 0.4) is 0 Å². The summed E-state index contributed by atoms with van der Waals surface area (Å²) < 4.78 is 9.47. The minimum atomic E-state index is -0.354. The van der Waals surface area contributed by atoms with Crippen molar-refractivity contribution in [3.05, 3.63) is 17.5 Å². The Balaban J connectivity index is 1.83. The highest BCUT2D eigenvalue weighted by Crippen LogP contribution is 2.36. The maximum atomic E-state index is 12.6. The van der Waals surface area contributed by atoms with Gasteiger partial charge < -0.3 is 9.42 Å². The van der Waals surface area contributed by atoms with Crippen LogP contribution in [-0.4, -0.2) is 38.6 Å². The average molecular weight is 334 g/mol. The fourth-order valence-corrected chi connectivity index (χ4v) is 3.66. The van der Waals surface area contributed by atoms with Crippen LogP contribution in [0.2, 0.25) is 0 Å². The van der Waals surface area contributed by atoms with Crippen molar-refractivity contribution in [2.45, 2.75) is 46.5 Å². The highest BCUT2D eigenvalue weighted by molar-refractivity contribution is 7.09. The van der Waals surface area contributed by atoms with Crippen LogP contribution < -0.4 is 0 Å². The summed E-state index contributed by atoms with van der Waals surface area (Å²) in [6, 6.07) is 1.90. The van der Waals surface area contributed by atoms with Crippen molar-refractivity contribution in [2.24, 2.45) is 5.41 Å². The molecule has 6 nitrogen and oxygen atoms in total. The Morgan fingerprint density at radius 3 is 2.87 bits per heavy atom. The monoisotopic (exact) mass is 334 g/mol. The molecule has 2 aromatic rings. The second kappa shape index (κ2) is 6.03. The molecule has 23 heavy (non-hydrogen) atoms. The van der Waals surface area contributed by atoms with Gasteiger partial charge in [-0.05, 0) is 31.3 Å². The third-order valence-electron chi connectivity index (χ3n) is 4.10. The molecule has 7 heteroatoms. The van der Waals surface area contributed by atoms with Gasteiger partial charge >= 0.3 is 0 Å². The van der Waals surface area contributed by atoms with E-state index >= 15 is 0 Å². The summed E-state index contributed by atoms with van der Waals surface area (Å²) in [6.45, 7) is 9.30. The highest BCUT2D eigenvalue weighted by Gasteiger charge is 2.33. The van der Waals surface area contributed by atoms with Crippen LogP contribution in [-0.2, 0) is 4.79 Å². The average Bonchev–Trinajstić information content (AvgIpc) is 3.14. The molecule has 1 aliphatic rings. The van der Waals surface area contributed by atoms with Crippen molar-refractivity contribution < 1.29 is 9.32 Å². The van der Waals surface area contributed by atoms with Gasteiger partial charge in [-0.15, -0.1) is 5.10 Å². The molecule has 1 unspecified atom stereocenters. The zero-order valence-corrected chi connectivity index (χ0v) is 14.8. The molecule has 1 amide bonds. The lowest BCUT2D eigenvalue weighted by Gasteiger charge is -2.36. The standard InChI is InChI=1S/C16H22N4O2S/c1-10-8-12(22-18-10)14-13(17-19-23-14)11-6-5-7-20(9-11)15(21)16(2,3)4/h8,11H,5-7,9H2,1-4H3. The zero-order valence-electron chi connectivity index (χ0n) is 14.0. The van der Waals surface area contributed by atoms with Crippen LogP contribution >= 0.6 is 11.5 Å². The van der Waals surface area contributed by atoms with Crippen LogP contribution in [0.15, 0.2) is 10.6 Å². The first-order valence-corrected chi connectivity index (χ1v) is 8.69. The highest BCUT2D eigenvalue weighted by atomic mass is 32.1. The normalized spacial score (nSPS) is 19.1. The molecule has 3 heterocycles. The van der Waals surface area contributed by atoms with E-state index in [0.29, 0.717) is 12.3 Å². The van der Waals surface area contributed by atoms with Crippen LogP contribution in [0.25, 0.3) is 10.6 Å². The maximum absolute atomic E-state index is 12.6. The summed E-state index contributed by atoms with van der Waals surface area (Å²) >= 11 is 1.33. The molecule has 0 aliphatic carbocycles. The van der Waals surface area contributed by atoms with E-state index in [4.69, 9.17) is 4.52 Å². The van der Waals surface area contributed by atoms with E-state index in [1.807, 2.05) is 38.7 Å². The van der Waals surface area contributed by atoms with Crippen molar-refractivity contribution in [1.29, 1.82) is 0 Å². The zero-order chi connectivity index (χ0) is 16.6. The van der Waals surface area contributed by atoms with Crippen molar-refractivity contribution in [1.82, 2.24) is 19.6 Å². The van der Waals surface area contributed by atoms with Gasteiger partial charge in [0.2, 0.25) is 5.91 Å². The van der Waals surface area contributed by atoms with Gasteiger partial charge in [0.05, 0.1) is 11.4 Å². The predicted octanol–water partition coefficient (Wildman–Crippen LogP) is 3.25. The van der Waals surface area contributed by atoms with Gasteiger partial charge in [-0.3, -0.25) is 4.79 Å². The molecular weight excluding hydrogens is 312 g/mol. The summed E-state index contributed by atoms with van der Waals surface area (Å²) in [7, 11) is 0. The Labute approximate surface area is 140 Å². The molecule has 0 bridgehead atoms. The fourth-order valence-electron chi connectivity index (χ4n) is 2.97. The molecule has 1 saturated heterocycles. The van der Waals surface area contributed by atoms with Gasteiger partial charge in [-0.2, -0.15) is 0 Å². The van der Waals surface area contributed by atoms with E-state index in [-0.39, 0.29) is 17.2 Å². The van der Waals surface area contributed by atoms with E-state index in [1.165, 1.54) is 11.5 Å². The van der Waals surface area contributed by atoms with E-state index in [2.05, 4.69) is 14.7 Å². The van der Waals surface area contributed by atoms with Gasteiger partial charge in [0.15, 0.2) is 5.76 Å². The summed E-state index contributed by atoms with van der Waals surface area (Å²) in [6.07, 6.45) is 2.00. The molecule has 0 aromatic carbocycles. The summed E-state index contributed by atoms with van der Waals surface area (Å²) in [5.74, 6) is 1.11. The number of carbonyl (C=O) groups excluding carboxylic acids is 1. The van der Waals surface area contributed by atoms with Crippen molar-refractivity contribution in [2.75, 3.05) is 13.1 Å². The molecule has 0 spiro atoms. The largest absolute Gasteiger partial charge is 0.355 e. The molecule has 0 radical (unpaired) electrons. The summed E-state index contributed by atoms with van der Waals surface area (Å²) in [4.78, 5) is 15.4. The van der Waals surface area contributed by atoms with Gasteiger partial charge in [0.1, 0.15) is 4.88 Å². The van der Waals surface area contributed by atoms with Gasteiger partial charge in [-0.1, -0.05) is 30.4 Å². The second-order valence-electron chi connectivity index (χ2n) is 7.16. The first-order valence-electron chi connectivity index (χ1n) is 7.91. The van der Waals surface area contributed by atoms with Gasteiger partial charge in [0, 0.05) is 30.5 Å². The van der Waals surface area contributed by atoms with Gasteiger partial charge in [-0.25, -0.2) is 0 Å². The molecule has 0 N–H and O–H groups in total. The Hall–Kier alpha value is -1.76. The fraction of sp³-hybridized carbons (Fsp3) is 0.625. The topological polar surface area (TPSA) is 72.1 Å². The number of piperidine rings is 1. The van der Waals surface area contributed by atoms with E-state index in [0.717, 1.165) is 35.7 Å². The number of hydrogen-bond donors (Lipinski definition) is 0. The first-order chi connectivity index (χ1) is 10.9. The van der Waals surface area contributed by atoms with Crippen LogP contribution in [0.4, 0.5) is 0 Å². The molecule has 1 fully saturated rings. The smallest absolute Gasteiger partial charge is 0.227 e. The Morgan fingerprint density at radius 1 is 1.43 bits per heavy atom. The van der Waals surface area contributed by atoms with E-state index in [1.54, 1.807) is 0 Å². The molecular formula is C16H22N4O2S. The van der Waals surface area contributed by atoms with Crippen molar-refractivity contribution in [3.63, 3.8) is 0 Å². The number of amides is 1. The van der Waals surface area contributed by atoms with Gasteiger partial charge in [0.25, 0.3) is 0 Å². The Kier molecular flexibility index (Phi) is 4.23. The van der Waals surface area contributed by atoms with Crippen LogP contribution in [0.1, 0.15) is 50.9 Å². The molecule has 3 rings (SSSR count). The predicted molar refractivity (Wildman–Crippen MR) is 88.2 cm³/mol. The van der Waals surface area contributed by atoms with Crippen LogP contribution in [0, 0.1) is 12.3 Å². The lowest BCUT2D eigenvalue weighted by atomic mass is 9.89. The lowest BCUT2D eigenvalue weighted by Crippen LogP contribution is -2.44. The maximum Gasteiger partial charge on any atom is 0.227 e. The number of aryl methyl sites for hydroxylation is 1. The summed E-state index contributed by atoms with van der Waals surface area (Å²) in [5, 5.41) is 8.27. The lowest BCUT2D eigenvalue weighted by molar-refractivity contribution is -0.140. The van der Waals surface area contributed by atoms with E-state index in [9.17, 15) is 4.79 Å². The SMILES string of the molecule is Cc1cc(-c2snnc2C2CCCN(C(=O)C(C)(C)C)C2)on1. The Morgan fingerprint density at radius 2 is 2.22 bits per heavy atom. The minimum Gasteiger partial charge on any atom is -0.355 e. The molecule has 1 atom stereocenters. The minimum absolute atomic E-state index is 0.197. The Bertz CT molecular complexity index is 701.